The van der Waals surface area contributed by atoms with Crippen LogP contribution in [0.3, 0.4) is 0 Å². The van der Waals surface area contributed by atoms with E-state index in [2.05, 4.69) is 47.0 Å². The molecule has 0 aliphatic heterocycles. The minimum absolute atomic E-state index is 0.676. The molecule has 1 fully saturated rings. The van der Waals surface area contributed by atoms with Crippen LogP contribution in [0, 0.1) is 5.92 Å². The third-order valence-corrected chi connectivity index (χ3v) is 4.54. The fraction of sp³-hybridized carbons (Fsp3) is 0.667. The maximum Gasteiger partial charge on any atom is 0.195 e. The normalized spacial score (nSPS) is 15.4. The number of nitrogens with zero attached hydrogens (tertiary/aromatic N) is 3. The van der Waals surface area contributed by atoms with Gasteiger partial charge in [-0.05, 0) is 32.2 Å². The van der Waals surface area contributed by atoms with E-state index in [-0.39, 0.29) is 0 Å². The predicted octanol–water partition coefficient (Wildman–Crippen LogP) is 3.13. The van der Waals surface area contributed by atoms with Crippen molar-refractivity contribution in [2.45, 2.75) is 46.2 Å². The fourth-order valence-electron chi connectivity index (χ4n) is 2.66. The van der Waals surface area contributed by atoms with Gasteiger partial charge in [0.05, 0.1) is 5.69 Å². The van der Waals surface area contributed by atoms with E-state index in [1.807, 2.05) is 0 Å². The molecule has 0 unspecified atom stereocenters. The summed E-state index contributed by atoms with van der Waals surface area (Å²) in [5, 5.41) is 5.68. The zero-order valence-corrected chi connectivity index (χ0v) is 13.4. The number of imidazole rings is 1. The standard InChI is InChI=1S/C15H24N4S/c1-4-18(12-5-6-12)14-13(10-16-9-11(2)3)19-7-8-20-15(19)17-14/h7-8,11-12,16H,4-6,9-10H2,1-3H3. The highest BCUT2D eigenvalue weighted by Gasteiger charge is 2.31. The second-order valence-corrected chi connectivity index (χ2v) is 6.85. The van der Waals surface area contributed by atoms with E-state index < -0.39 is 0 Å². The topological polar surface area (TPSA) is 32.6 Å². The van der Waals surface area contributed by atoms with Crippen molar-refractivity contribution in [1.82, 2.24) is 14.7 Å². The number of anilines is 1. The maximum absolute atomic E-state index is 4.87. The summed E-state index contributed by atoms with van der Waals surface area (Å²) in [6, 6.07) is 0.716. The van der Waals surface area contributed by atoms with E-state index >= 15 is 0 Å². The largest absolute Gasteiger partial charge is 0.352 e. The Bertz CT molecular complexity index is 567. The van der Waals surface area contributed by atoms with Gasteiger partial charge in [-0.3, -0.25) is 4.40 Å². The van der Waals surface area contributed by atoms with Gasteiger partial charge < -0.3 is 10.2 Å². The summed E-state index contributed by atoms with van der Waals surface area (Å²) in [4.78, 5) is 8.46. The molecule has 20 heavy (non-hydrogen) atoms. The molecule has 2 heterocycles. The van der Waals surface area contributed by atoms with Crippen LogP contribution in [0.15, 0.2) is 11.6 Å². The average molecular weight is 292 g/mol. The molecule has 4 nitrogen and oxygen atoms in total. The fourth-order valence-corrected chi connectivity index (χ4v) is 3.39. The number of nitrogens with one attached hydrogen (secondary N) is 1. The molecule has 0 bridgehead atoms. The average Bonchev–Trinajstić information content (AvgIpc) is 3.03. The van der Waals surface area contributed by atoms with Crippen LogP contribution in [-0.2, 0) is 6.54 Å². The molecule has 2 aromatic rings. The van der Waals surface area contributed by atoms with Gasteiger partial charge >= 0.3 is 0 Å². The summed E-state index contributed by atoms with van der Waals surface area (Å²) in [5.41, 5.74) is 1.32. The molecule has 1 aliphatic carbocycles. The van der Waals surface area contributed by atoms with E-state index in [0.717, 1.165) is 24.6 Å². The SMILES string of the molecule is CCN(c1nc2sccn2c1CNCC(C)C)C1CC1. The van der Waals surface area contributed by atoms with E-state index in [1.165, 1.54) is 24.4 Å². The van der Waals surface area contributed by atoms with Crippen molar-refractivity contribution in [3.8, 4) is 0 Å². The minimum Gasteiger partial charge on any atom is -0.352 e. The van der Waals surface area contributed by atoms with Crippen LogP contribution in [0.25, 0.3) is 4.96 Å². The van der Waals surface area contributed by atoms with Gasteiger partial charge in [0.15, 0.2) is 10.8 Å². The third kappa shape index (κ3) is 2.69. The second kappa shape index (κ2) is 5.74. The van der Waals surface area contributed by atoms with Crippen molar-refractivity contribution in [2.24, 2.45) is 5.92 Å². The first-order valence-electron chi connectivity index (χ1n) is 7.62. The van der Waals surface area contributed by atoms with Gasteiger partial charge in [0.1, 0.15) is 0 Å². The Morgan fingerprint density at radius 1 is 1.50 bits per heavy atom. The van der Waals surface area contributed by atoms with E-state index in [9.17, 15) is 0 Å². The molecular formula is C15H24N4S. The Morgan fingerprint density at radius 2 is 2.30 bits per heavy atom. The number of aromatic nitrogens is 2. The molecule has 0 spiro atoms. The number of thiazole rings is 1. The highest BCUT2D eigenvalue weighted by molar-refractivity contribution is 7.15. The summed E-state index contributed by atoms with van der Waals surface area (Å²) in [7, 11) is 0. The Kier molecular flexibility index (Phi) is 3.98. The molecule has 0 saturated heterocycles. The monoisotopic (exact) mass is 292 g/mol. The van der Waals surface area contributed by atoms with Gasteiger partial charge in [0, 0.05) is 30.7 Å². The van der Waals surface area contributed by atoms with Crippen LogP contribution in [0.5, 0.6) is 0 Å². The molecule has 0 aromatic carbocycles. The Balaban J connectivity index is 1.87. The van der Waals surface area contributed by atoms with Crippen LogP contribution in [0.4, 0.5) is 5.82 Å². The molecule has 3 rings (SSSR count). The first kappa shape index (κ1) is 13.9. The first-order valence-corrected chi connectivity index (χ1v) is 8.50. The molecule has 1 saturated carbocycles. The van der Waals surface area contributed by atoms with Crippen LogP contribution < -0.4 is 10.2 Å². The summed E-state index contributed by atoms with van der Waals surface area (Å²) in [6.45, 7) is 9.71. The highest BCUT2D eigenvalue weighted by atomic mass is 32.1. The molecule has 0 atom stereocenters. The summed E-state index contributed by atoms with van der Waals surface area (Å²) >= 11 is 1.72. The highest BCUT2D eigenvalue weighted by Crippen LogP contribution is 2.34. The molecule has 110 valence electrons. The van der Waals surface area contributed by atoms with Gasteiger partial charge in [-0.25, -0.2) is 4.98 Å². The Labute approximate surface area is 124 Å². The summed E-state index contributed by atoms with van der Waals surface area (Å²) in [5.74, 6) is 1.87. The van der Waals surface area contributed by atoms with E-state index in [4.69, 9.17) is 4.98 Å². The Hall–Kier alpha value is -1.07. The van der Waals surface area contributed by atoms with Crippen LogP contribution in [-0.4, -0.2) is 28.5 Å². The van der Waals surface area contributed by atoms with Crippen molar-refractivity contribution in [3.05, 3.63) is 17.3 Å². The van der Waals surface area contributed by atoms with E-state index in [1.54, 1.807) is 11.3 Å². The molecule has 2 aromatic heterocycles. The zero-order valence-electron chi connectivity index (χ0n) is 12.6. The number of hydrogen-bond acceptors (Lipinski definition) is 4. The lowest BCUT2D eigenvalue weighted by Gasteiger charge is -2.22. The predicted molar refractivity (Wildman–Crippen MR) is 85.7 cm³/mol. The van der Waals surface area contributed by atoms with Gasteiger partial charge in [0.2, 0.25) is 0 Å². The quantitative estimate of drug-likeness (QED) is 0.851. The lowest BCUT2D eigenvalue weighted by atomic mass is 10.2. The molecular weight excluding hydrogens is 268 g/mol. The van der Waals surface area contributed by atoms with Crippen LogP contribution >= 0.6 is 11.3 Å². The van der Waals surface area contributed by atoms with Crippen LogP contribution in [0.1, 0.15) is 39.3 Å². The third-order valence-electron chi connectivity index (χ3n) is 3.79. The number of rotatable bonds is 7. The minimum atomic E-state index is 0.676. The number of hydrogen-bond donors (Lipinski definition) is 1. The van der Waals surface area contributed by atoms with Crippen molar-refractivity contribution >= 4 is 22.1 Å². The van der Waals surface area contributed by atoms with Crippen LogP contribution in [0.2, 0.25) is 0 Å². The van der Waals surface area contributed by atoms with Crippen molar-refractivity contribution < 1.29 is 0 Å². The van der Waals surface area contributed by atoms with Crippen molar-refractivity contribution in [2.75, 3.05) is 18.0 Å². The lowest BCUT2D eigenvalue weighted by Crippen LogP contribution is -2.28. The van der Waals surface area contributed by atoms with Crippen molar-refractivity contribution in [3.63, 3.8) is 0 Å². The zero-order chi connectivity index (χ0) is 14.1. The second-order valence-electron chi connectivity index (χ2n) is 5.98. The summed E-state index contributed by atoms with van der Waals surface area (Å²) < 4.78 is 2.25. The van der Waals surface area contributed by atoms with Gasteiger partial charge in [-0.2, -0.15) is 0 Å². The molecule has 1 N–H and O–H groups in total. The molecule has 0 radical (unpaired) electrons. The van der Waals surface area contributed by atoms with Crippen molar-refractivity contribution in [1.29, 1.82) is 0 Å². The Morgan fingerprint density at radius 3 is 2.95 bits per heavy atom. The molecule has 0 amide bonds. The maximum atomic E-state index is 4.87. The number of fused-ring (bicyclic) bond motifs is 1. The summed E-state index contributed by atoms with van der Waals surface area (Å²) in [6.07, 6.45) is 4.78. The van der Waals surface area contributed by atoms with Gasteiger partial charge in [-0.1, -0.05) is 13.8 Å². The lowest BCUT2D eigenvalue weighted by molar-refractivity contribution is 0.546. The molecule has 5 heteroatoms. The molecule has 1 aliphatic rings. The van der Waals surface area contributed by atoms with Gasteiger partial charge in [-0.15, -0.1) is 11.3 Å². The van der Waals surface area contributed by atoms with E-state index in [0.29, 0.717) is 12.0 Å². The van der Waals surface area contributed by atoms with Gasteiger partial charge in [0.25, 0.3) is 0 Å². The smallest absolute Gasteiger partial charge is 0.195 e. The first-order chi connectivity index (χ1) is 9.70.